The van der Waals surface area contributed by atoms with Crippen LogP contribution in [-0.4, -0.2) is 28.9 Å². The summed E-state index contributed by atoms with van der Waals surface area (Å²) in [7, 11) is 0. The number of hydrogen-bond donors (Lipinski definition) is 0. The van der Waals surface area contributed by atoms with Gasteiger partial charge in [-0.2, -0.15) is 0 Å². The van der Waals surface area contributed by atoms with Crippen molar-refractivity contribution in [3.8, 4) is 0 Å². The van der Waals surface area contributed by atoms with Crippen LogP contribution >= 0.6 is 0 Å². The molecule has 0 unspecified atom stereocenters. The molecule has 2 aromatic carbocycles. The lowest BCUT2D eigenvalue weighted by Gasteiger charge is -2.49. The second-order valence-corrected chi connectivity index (χ2v) is 6.96. The van der Waals surface area contributed by atoms with Crippen molar-refractivity contribution >= 4 is 11.9 Å². The minimum absolute atomic E-state index is 0.0846. The largest absolute Gasteiger partial charge is 0.450 e. The van der Waals surface area contributed by atoms with Gasteiger partial charge in [-0.05, 0) is 36.5 Å². The molecule has 0 spiro atoms. The van der Waals surface area contributed by atoms with E-state index in [1.54, 1.807) is 0 Å². The Balaban J connectivity index is 1.63. The van der Waals surface area contributed by atoms with Crippen molar-refractivity contribution in [1.82, 2.24) is 4.90 Å². The molecule has 128 valence electrons. The molecule has 4 nitrogen and oxygen atoms in total. The molecule has 0 saturated carbocycles. The van der Waals surface area contributed by atoms with Crippen LogP contribution < -0.4 is 0 Å². The number of rotatable bonds is 3. The zero-order valence-electron chi connectivity index (χ0n) is 14.4. The summed E-state index contributed by atoms with van der Waals surface area (Å²) in [6, 6.07) is 16.4. The van der Waals surface area contributed by atoms with Crippen LogP contribution in [0.3, 0.4) is 0 Å². The molecule has 2 atom stereocenters. The van der Waals surface area contributed by atoms with Crippen LogP contribution in [0.15, 0.2) is 48.5 Å². The molecular weight excluding hydrogens is 314 g/mol. The van der Waals surface area contributed by atoms with Crippen LogP contribution in [0.25, 0.3) is 0 Å². The normalized spacial score (nSPS) is 22.5. The van der Waals surface area contributed by atoms with Crippen molar-refractivity contribution in [2.24, 2.45) is 0 Å². The summed E-state index contributed by atoms with van der Waals surface area (Å²) < 4.78 is 5.33. The molecule has 1 saturated heterocycles. The van der Waals surface area contributed by atoms with Gasteiger partial charge >= 0.3 is 5.97 Å². The van der Waals surface area contributed by atoms with Crippen LogP contribution in [-0.2, 0) is 27.2 Å². The number of carbonyl (C=O) groups excluding carboxylic acids is 2. The van der Waals surface area contributed by atoms with Gasteiger partial charge in [0.1, 0.15) is 6.04 Å². The Morgan fingerprint density at radius 3 is 2.20 bits per heavy atom. The fourth-order valence-electron chi connectivity index (χ4n) is 4.01. The van der Waals surface area contributed by atoms with E-state index in [4.69, 9.17) is 4.74 Å². The number of aryl methyl sites for hydroxylation is 1. The molecule has 2 aromatic rings. The highest BCUT2D eigenvalue weighted by atomic mass is 16.6. The van der Waals surface area contributed by atoms with Gasteiger partial charge in [0.15, 0.2) is 0 Å². The lowest BCUT2D eigenvalue weighted by molar-refractivity contribution is -0.186. The van der Waals surface area contributed by atoms with Crippen molar-refractivity contribution in [3.05, 3.63) is 70.8 Å². The van der Waals surface area contributed by atoms with E-state index >= 15 is 0 Å². The van der Waals surface area contributed by atoms with Gasteiger partial charge in [0.2, 0.25) is 6.10 Å². The highest BCUT2D eigenvalue weighted by Gasteiger charge is 2.53. The van der Waals surface area contributed by atoms with Gasteiger partial charge in [0.25, 0.3) is 5.91 Å². The molecule has 0 aromatic heterocycles. The first-order valence-corrected chi connectivity index (χ1v) is 8.67. The first kappa shape index (κ1) is 15.9. The minimum Gasteiger partial charge on any atom is -0.450 e. The Morgan fingerprint density at radius 2 is 1.64 bits per heavy atom. The molecular formula is C21H21NO3. The molecule has 1 amide bonds. The highest BCUT2D eigenvalue weighted by molar-refractivity contribution is 5.91. The number of esters is 1. The van der Waals surface area contributed by atoms with Crippen molar-refractivity contribution in [3.63, 3.8) is 0 Å². The average Bonchev–Trinajstić information content (AvgIpc) is 3.01. The van der Waals surface area contributed by atoms with E-state index in [-0.39, 0.29) is 18.0 Å². The second-order valence-electron chi connectivity index (χ2n) is 6.96. The highest BCUT2D eigenvalue weighted by Crippen LogP contribution is 2.42. The maximum atomic E-state index is 12.7. The molecule has 0 radical (unpaired) electrons. The Hall–Kier alpha value is -2.62. The lowest BCUT2D eigenvalue weighted by Crippen LogP contribution is -2.63. The van der Waals surface area contributed by atoms with E-state index < -0.39 is 12.1 Å². The molecule has 2 aliphatic rings. The molecule has 4 rings (SSSR count). The maximum absolute atomic E-state index is 12.7. The SMILES string of the molecule is CC(=O)O[C@@H]1C(=O)N(C2Cc3ccccc3C2)[C@@H]1c1ccc(C)cc1. The van der Waals surface area contributed by atoms with Crippen molar-refractivity contribution in [2.75, 3.05) is 0 Å². The zero-order chi connectivity index (χ0) is 17.6. The number of benzene rings is 2. The fourth-order valence-corrected chi connectivity index (χ4v) is 4.01. The van der Waals surface area contributed by atoms with Crippen molar-refractivity contribution < 1.29 is 14.3 Å². The first-order chi connectivity index (χ1) is 12.0. The molecule has 0 N–H and O–H groups in total. The van der Waals surface area contributed by atoms with Gasteiger partial charge < -0.3 is 9.64 Å². The molecule has 4 heteroatoms. The zero-order valence-corrected chi connectivity index (χ0v) is 14.4. The standard InChI is InChI=1S/C21H21NO3/c1-13-7-9-15(10-8-13)19-20(25-14(2)23)21(24)22(19)18-11-16-5-3-4-6-17(16)12-18/h3-10,18-20H,11-12H2,1-2H3/t19-,20+/m1/s1. The van der Waals surface area contributed by atoms with E-state index in [9.17, 15) is 9.59 Å². The van der Waals surface area contributed by atoms with Gasteiger partial charge in [-0.1, -0.05) is 54.1 Å². The summed E-state index contributed by atoms with van der Waals surface area (Å²) in [6.45, 7) is 3.39. The Morgan fingerprint density at radius 1 is 1.04 bits per heavy atom. The molecule has 0 bridgehead atoms. The molecule has 1 aliphatic heterocycles. The van der Waals surface area contributed by atoms with Gasteiger partial charge in [0, 0.05) is 13.0 Å². The number of fused-ring (bicyclic) bond motifs is 1. The lowest BCUT2D eigenvalue weighted by atomic mass is 9.87. The minimum atomic E-state index is -0.705. The molecule has 1 aliphatic carbocycles. The predicted molar refractivity (Wildman–Crippen MR) is 94.0 cm³/mol. The average molecular weight is 335 g/mol. The van der Waals surface area contributed by atoms with E-state index in [1.807, 2.05) is 48.2 Å². The number of β-lactam (4-membered cyclic amide) rings is 1. The number of amides is 1. The molecule has 1 fully saturated rings. The van der Waals surface area contributed by atoms with E-state index in [0.29, 0.717) is 0 Å². The third-order valence-corrected chi connectivity index (χ3v) is 5.22. The van der Waals surface area contributed by atoms with Crippen molar-refractivity contribution in [1.29, 1.82) is 0 Å². The van der Waals surface area contributed by atoms with Crippen LogP contribution in [0.5, 0.6) is 0 Å². The number of ether oxygens (including phenoxy) is 1. The van der Waals surface area contributed by atoms with Crippen LogP contribution in [0.1, 0.15) is 35.2 Å². The van der Waals surface area contributed by atoms with E-state index in [1.165, 1.54) is 23.6 Å². The fraction of sp³-hybridized carbons (Fsp3) is 0.333. The van der Waals surface area contributed by atoms with Crippen LogP contribution in [0, 0.1) is 6.92 Å². The molecule has 1 heterocycles. The third kappa shape index (κ3) is 2.72. The summed E-state index contributed by atoms with van der Waals surface area (Å²) >= 11 is 0. The summed E-state index contributed by atoms with van der Waals surface area (Å²) in [5, 5.41) is 0. The predicted octanol–water partition coefficient (Wildman–Crippen LogP) is 2.98. The Kier molecular flexibility index (Phi) is 3.83. The number of hydrogen-bond acceptors (Lipinski definition) is 3. The Labute approximate surface area is 147 Å². The quantitative estimate of drug-likeness (QED) is 0.640. The van der Waals surface area contributed by atoms with Gasteiger partial charge in [-0.15, -0.1) is 0 Å². The van der Waals surface area contributed by atoms with Crippen LogP contribution in [0.4, 0.5) is 0 Å². The smallest absolute Gasteiger partial charge is 0.303 e. The summed E-state index contributed by atoms with van der Waals surface area (Å²) in [5.41, 5.74) is 4.79. The van der Waals surface area contributed by atoms with Gasteiger partial charge in [0.05, 0.1) is 0 Å². The van der Waals surface area contributed by atoms with E-state index in [2.05, 4.69) is 12.1 Å². The second kappa shape index (κ2) is 6.03. The number of carbonyl (C=O) groups is 2. The van der Waals surface area contributed by atoms with Gasteiger partial charge in [-0.25, -0.2) is 0 Å². The summed E-state index contributed by atoms with van der Waals surface area (Å²) in [5.74, 6) is -0.497. The first-order valence-electron chi connectivity index (χ1n) is 8.67. The number of likely N-dealkylation sites (tertiary alicyclic amines) is 1. The van der Waals surface area contributed by atoms with Crippen molar-refractivity contribution in [2.45, 2.75) is 44.9 Å². The Bertz CT molecular complexity index is 802. The topological polar surface area (TPSA) is 46.6 Å². The number of nitrogens with zero attached hydrogens (tertiary/aromatic N) is 1. The van der Waals surface area contributed by atoms with Gasteiger partial charge in [-0.3, -0.25) is 9.59 Å². The molecule has 25 heavy (non-hydrogen) atoms. The van der Waals surface area contributed by atoms with E-state index in [0.717, 1.165) is 18.4 Å². The monoisotopic (exact) mass is 335 g/mol. The van der Waals surface area contributed by atoms with Crippen LogP contribution in [0.2, 0.25) is 0 Å². The maximum Gasteiger partial charge on any atom is 0.303 e. The summed E-state index contributed by atoms with van der Waals surface area (Å²) in [6.07, 6.45) is 1.01. The summed E-state index contributed by atoms with van der Waals surface area (Å²) in [4.78, 5) is 26.1. The third-order valence-electron chi connectivity index (χ3n) is 5.22.